The van der Waals surface area contributed by atoms with Crippen molar-refractivity contribution >= 4 is 17.2 Å². The van der Waals surface area contributed by atoms with Crippen LogP contribution in [0.5, 0.6) is 0 Å². The molecule has 0 bridgehead atoms. The molecule has 2 rings (SSSR count). The van der Waals surface area contributed by atoms with Crippen molar-refractivity contribution < 1.29 is 0 Å². The number of hydrogen-bond acceptors (Lipinski definition) is 1. The average Bonchev–Trinajstić information content (AvgIpc) is 2.79. The van der Waals surface area contributed by atoms with Crippen LogP contribution in [0.25, 0.3) is 10.9 Å². The maximum absolute atomic E-state index is 4.34. The molecule has 1 N–H and O–H groups in total. The number of aliphatic imine (C=N–C) groups is 1. The quantitative estimate of drug-likeness (QED) is 0.658. The minimum atomic E-state index is 0.833. The number of aromatic amines is 1. The highest BCUT2D eigenvalue weighted by Crippen LogP contribution is 2.17. The van der Waals surface area contributed by atoms with E-state index in [1.165, 1.54) is 22.9 Å². The van der Waals surface area contributed by atoms with Crippen LogP contribution in [-0.4, -0.2) is 36.9 Å². The second-order valence-corrected chi connectivity index (χ2v) is 4.80. The minimum absolute atomic E-state index is 0.833. The first-order valence-corrected chi connectivity index (χ1v) is 6.90. The van der Waals surface area contributed by atoms with E-state index < -0.39 is 0 Å². The van der Waals surface area contributed by atoms with E-state index in [0.717, 1.165) is 13.0 Å². The van der Waals surface area contributed by atoms with Gasteiger partial charge in [0.15, 0.2) is 0 Å². The molecule has 2 aromatic rings. The van der Waals surface area contributed by atoms with Gasteiger partial charge in [0.05, 0.1) is 6.34 Å². The van der Waals surface area contributed by atoms with E-state index in [-0.39, 0.29) is 0 Å². The number of fused-ring (bicyclic) bond motifs is 1. The molecule has 0 unspecified atom stereocenters. The third-order valence-electron chi connectivity index (χ3n) is 2.50. The van der Waals surface area contributed by atoms with Crippen LogP contribution in [0.2, 0.25) is 0 Å². The van der Waals surface area contributed by atoms with Gasteiger partial charge in [-0.05, 0) is 18.1 Å². The molecule has 0 aliphatic carbocycles. The largest absolute Gasteiger partial charge is 0.369 e. The van der Waals surface area contributed by atoms with Gasteiger partial charge in [-0.15, -0.1) is 0 Å². The first kappa shape index (κ1) is 15.3. The van der Waals surface area contributed by atoms with Gasteiger partial charge in [0, 0.05) is 37.7 Å². The number of rotatable bonds is 4. The van der Waals surface area contributed by atoms with Crippen LogP contribution in [0, 0.1) is 0 Å². The standard InChI is InChI=1S/C13H17N3.C3H8/c1-16(2)10-14-8-7-11-9-15-13-6-4-3-5-12(11)13;1-3-2/h3-6,9-10,15H,7-8H2,1-2H3;3H2,1-2H3. The SMILES string of the molecule is CCC.CN(C)C=NCCc1c[nH]c2ccccc12. The minimum Gasteiger partial charge on any atom is -0.369 e. The molecule has 0 spiro atoms. The van der Waals surface area contributed by atoms with Crippen LogP contribution in [-0.2, 0) is 6.42 Å². The van der Waals surface area contributed by atoms with Crippen molar-refractivity contribution in [3.63, 3.8) is 0 Å². The molecule has 0 saturated heterocycles. The van der Waals surface area contributed by atoms with E-state index in [9.17, 15) is 0 Å². The molecule has 0 amide bonds. The molecule has 0 atom stereocenters. The Kier molecular flexibility index (Phi) is 6.72. The summed E-state index contributed by atoms with van der Waals surface area (Å²) in [6.07, 6.45) is 6.17. The summed E-state index contributed by atoms with van der Waals surface area (Å²) in [4.78, 5) is 9.57. The zero-order chi connectivity index (χ0) is 14.1. The number of para-hydroxylation sites is 1. The van der Waals surface area contributed by atoms with E-state index in [1.54, 1.807) is 0 Å². The van der Waals surface area contributed by atoms with E-state index in [1.807, 2.05) is 31.4 Å². The van der Waals surface area contributed by atoms with Crippen LogP contribution >= 0.6 is 0 Å². The monoisotopic (exact) mass is 259 g/mol. The zero-order valence-electron chi connectivity index (χ0n) is 12.5. The van der Waals surface area contributed by atoms with Crippen molar-refractivity contribution in [2.45, 2.75) is 26.7 Å². The van der Waals surface area contributed by atoms with Gasteiger partial charge >= 0.3 is 0 Å². The lowest BCUT2D eigenvalue weighted by molar-refractivity contribution is 0.638. The summed E-state index contributed by atoms with van der Waals surface area (Å²) >= 11 is 0. The third-order valence-corrected chi connectivity index (χ3v) is 2.50. The Morgan fingerprint density at radius 3 is 2.58 bits per heavy atom. The molecule has 3 nitrogen and oxygen atoms in total. The Labute approximate surface area is 116 Å². The summed E-state index contributed by atoms with van der Waals surface area (Å²) in [7, 11) is 3.96. The Balaban J connectivity index is 0.000000550. The molecule has 0 fully saturated rings. The van der Waals surface area contributed by atoms with Crippen molar-refractivity contribution in [3.05, 3.63) is 36.0 Å². The van der Waals surface area contributed by atoms with Gasteiger partial charge in [-0.2, -0.15) is 0 Å². The van der Waals surface area contributed by atoms with Crippen LogP contribution < -0.4 is 0 Å². The molecule has 0 saturated carbocycles. The van der Waals surface area contributed by atoms with Gasteiger partial charge in [-0.25, -0.2) is 0 Å². The molecular weight excluding hydrogens is 234 g/mol. The molecule has 0 aliphatic heterocycles. The van der Waals surface area contributed by atoms with Crippen molar-refractivity contribution in [2.75, 3.05) is 20.6 Å². The van der Waals surface area contributed by atoms with Crippen LogP contribution in [0.3, 0.4) is 0 Å². The number of aromatic nitrogens is 1. The normalized spacial score (nSPS) is 10.5. The van der Waals surface area contributed by atoms with E-state index >= 15 is 0 Å². The van der Waals surface area contributed by atoms with Crippen molar-refractivity contribution in [1.29, 1.82) is 0 Å². The zero-order valence-corrected chi connectivity index (χ0v) is 12.5. The Bertz CT molecular complexity index is 497. The van der Waals surface area contributed by atoms with Crippen LogP contribution in [0.4, 0.5) is 0 Å². The maximum Gasteiger partial charge on any atom is 0.0844 e. The number of hydrogen-bond donors (Lipinski definition) is 1. The van der Waals surface area contributed by atoms with Crippen LogP contribution in [0.1, 0.15) is 25.8 Å². The number of nitrogens with zero attached hydrogens (tertiary/aromatic N) is 2. The molecule has 0 radical (unpaired) electrons. The summed E-state index contributed by atoms with van der Waals surface area (Å²) < 4.78 is 0. The van der Waals surface area contributed by atoms with Gasteiger partial charge in [0.1, 0.15) is 0 Å². The highest BCUT2D eigenvalue weighted by molar-refractivity contribution is 5.83. The van der Waals surface area contributed by atoms with E-state index in [2.05, 4.69) is 48.2 Å². The van der Waals surface area contributed by atoms with Gasteiger partial charge in [-0.3, -0.25) is 4.99 Å². The molecule has 1 heterocycles. The van der Waals surface area contributed by atoms with Gasteiger partial charge in [-0.1, -0.05) is 38.5 Å². The lowest BCUT2D eigenvalue weighted by Gasteiger charge is -2.02. The van der Waals surface area contributed by atoms with Crippen molar-refractivity contribution in [1.82, 2.24) is 9.88 Å². The smallest absolute Gasteiger partial charge is 0.0844 e. The van der Waals surface area contributed by atoms with Crippen molar-refractivity contribution in [3.8, 4) is 0 Å². The Morgan fingerprint density at radius 2 is 1.89 bits per heavy atom. The summed E-state index contributed by atoms with van der Waals surface area (Å²) in [5.74, 6) is 0. The fraction of sp³-hybridized carbons (Fsp3) is 0.438. The third kappa shape index (κ3) is 5.16. The number of nitrogens with one attached hydrogen (secondary N) is 1. The highest BCUT2D eigenvalue weighted by Gasteiger charge is 2.01. The van der Waals surface area contributed by atoms with Gasteiger partial charge in [0.25, 0.3) is 0 Å². The van der Waals surface area contributed by atoms with Gasteiger partial charge < -0.3 is 9.88 Å². The molecular formula is C16H25N3. The van der Waals surface area contributed by atoms with Crippen molar-refractivity contribution in [2.24, 2.45) is 4.99 Å². The highest BCUT2D eigenvalue weighted by atomic mass is 15.1. The molecule has 19 heavy (non-hydrogen) atoms. The van der Waals surface area contributed by atoms with E-state index in [0.29, 0.717) is 0 Å². The predicted octanol–water partition coefficient (Wildman–Crippen LogP) is 3.72. The first-order valence-electron chi connectivity index (χ1n) is 6.90. The van der Waals surface area contributed by atoms with Crippen LogP contribution in [0.15, 0.2) is 35.5 Å². The molecule has 1 aromatic carbocycles. The maximum atomic E-state index is 4.34. The number of H-pyrrole nitrogens is 1. The predicted molar refractivity (Wildman–Crippen MR) is 85.0 cm³/mol. The lowest BCUT2D eigenvalue weighted by Crippen LogP contribution is -2.08. The lowest BCUT2D eigenvalue weighted by atomic mass is 10.1. The molecule has 3 heteroatoms. The fourth-order valence-corrected chi connectivity index (χ4v) is 1.74. The van der Waals surface area contributed by atoms with Gasteiger partial charge in [0.2, 0.25) is 0 Å². The second kappa shape index (κ2) is 8.35. The fourth-order valence-electron chi connectivity index (χ4n) is 1.74. The summed E-state index contributed by atoms with van der Waals surface area (Å²) in [6, 6.07) is 8.37. The summed E-state index contributed by atoms with van der Waals surface area (Å²) in [5, 5.41) is 1.31. The second-order valence-electron chi connectivity index (χ2n) is 4.80. The summed E-state index contributed by atoms with van der Waals surface area (Å²) in [6.45, 7) is 5.08. The summed E-state index contributed by atoms with van der Waals surface area (Å²) in [5.41, 5.74) is 2.54. The molecule has 1 aromatic heterocycles. The topological polar surface area (TPSA) is 31.4 Å². The van der Waals surface area contributed by atoms with E-state index in [4.69, 9.17) is 0 Å². The first-order chi connectivity index (χ1) is 9.19. The number of benzene rings is 1. The molecule has 0 aliphatic rings. The molecule has 104 valence electrons. The Hall–Kier alpha value is -1.77. The average molecular weight is 259 g/mol. The Morgan fingerprint density at radius 1 is 1.21 bits per heavy atom.